The van der Waals surface area contributed by atoms with Crippen LogP contribution in [-0.4, -0.2) is 30.6 Å². The minimum atomic E-state index is -3.90. The second-order valence-electron chi connectivity index (χ2n) is 6.53. The van der Waals surface area contributed by atoms with Gasteiger partial charge in [-0.1, -0.05) is 12.1 Å². The Balaban J connectivity index is 1.59. The van der Waals surface area contributed by atoms with E-state index in [-0.39, 0.29) is 28.5 Å². The van der Waals surface area contributed by atoms with Gasteiger partial charge in [-0.15, -0.1) is 0 Å². The molecule has 1 heterocycles. The molecule has 2 aromatic rings. The summed E-state index contributed by atoms with van der Waals surface area (Å²) in [6.07, 6.45) is 1.63. The normalized spacial score (nSPS) is 17.3. The van der Waals surface area contributed by atoms with E-state index < -0.39 is 21.8 Å². The number of nitriles is 1. The molecule has 27 heavy (non-hydrogen) atoms. The largest absolute Gasteiger partial charge is 0.322 e. The minimum Gasteiger partial charge on any atom is -0.322 e. The van der Waals surface area contributed by atoms with Crippen LogP contribution in [0.4, 0.5) is 5.69 Å². The number of nitrogens with one attached hydrogen (secondary N) is 1. The lowest BCUT2D eigenvalue weighted by Gasteiger charge is -2.13. The summed E-state index contributed by atoms with van der Waals surface area (Å²) in [6, 6.07) is 12.7. The molecule has 2 aliphatic rings. The van der Waals surface area contributed by atoms with Crippen molar-refractivity contribution in [3.05, 3.63) is 59.2 Å². The summed E-state index contributed by atoms with van der Waals surface area (Å²) in [5, 5.41) is 11.4. The average Bonchev–Trinajstić information content (AvgIpc) is 3.44. The summed E-state index contributed by atoms with van der Waals surface area (Å²) in [4.78, 5) is 24.7. The average molecular weight is 381 g/mol. The van der Waals surface area contributed by atoms with Crippen molar-refractivity contribution in [1.82, 2.24) is 4.31 Å². The molecule has 2 amide bonds. The lowest BCUT2D eigenvalue weighted by Crippen LogP contribution is -2.31. The highest BCUT2D eigenvalue weighted by atomic mass is 32.2. The van der Waals surface area contributed by atoms with Gasteiger partial charge in [0.2, 0.25) is 0 Å². The molecular formula is C19H15N3O4S. The molecular weight excluding hydrogens is 366 g/mol. The first-order valence-electron chi connectivity index (χ1n) is 8.42. The highest BCUT2D eigenvalue weighted by molar-refractivity contribution is 7.90. The van der Waals surface area contributed by atoms with Crippen molar-refractivity contribution < 1.29 is 18.0 Å². The number of rotatable bonds is 4. The highest BCUT2D eigenvalue weighted by Gasteiger charge is 2.48. The van der Waals surface area contributed by atoms with Gasteiger partial charge in [-0.3, -0.25) is 9.59 Å². The lowest BCUT2D eigenvalue weighted by molar-refractivity contribution is 0.0864. The first-order chi connectivity index (χ1) is 12.9. The number of amides is 2. The molecule has 7 nitrogen and oxygen atoms in total. The number of carbonyl (C=O) groups is 2. The molecule has 1 N–H and O–H groups in total. The third-order valence-corrected chi connectivity index (χ3v) is 6.46. The minimum absolute atomic E-state index is 0.110. The third kappa shape index (κ3) is 2.96. The summed E-state index contributed by atoms with van der Waals surface area (Å²) < 4.78 is 26.2. The van der Waals surface area contributed by atoms with E-state index in [1.807, 2.05) is 6.07 Å². The van der Waals surface area contributed by atoms with Crippen LogP contribution >= 0.6 is 0 Å². The van der Waals surface area contributed by atoms with E-state index in [1.54, 1.807) is 24.3 Å². The van der Waals surface area contributed by atoms with Gasteiger partial charge in [0.05, 0.1) is 18.1 Å². The van der Waals surface area contributed by atoms with Gasteiger partial charge in [0.25, 0.3) is 21.8 Å². The number of hydrogen-bond acceptors (Lipinski definition) is 5. The van der Waals surface area contributed by atoms with E-state index in [4.69, 9.17) is 5.26 Å². The molecule has 8 heteroatoms. The van der Waals surface area contributed by atoms with Gasteiger partial charge in [-0.05, 0) is 48.7 Å². The monoisotopic (exact) mass is 381 g/mol. The molecule has 4 rings (SSSR count). The summed E-state index contributed by atoms with van der Waals surface area (Å²) >= 11 is 0. The smallest absolute Gasteiger partial charge is 0.269 e. The number of nitrogens with zero attached hydrogens (tertiary/aromatic N) is 2. The van der Waals surface area contributed by atoms with Gasteiger partial charge >= 0.3 is 0 Å². The van der Waals surface area contributed by atoms with Crippen LogP contribution in [0.3, 0.4) is 0 Å². The Kier molecular flexibility index (Phi) is 3.97. The van der Waals surface area contributed by atoms with Crippen LogP contribution in [0.1, 0.15) is 39.1 Å². The molecule has 0 radical (unpaired) electrons. The van der Waals surface area contributed by atoms with Crippen LogP contribution in [0.25, 0.3) is 0 Å². The molecule has 0 bridgehead atoms. The Morgan fingerprint density at radius 2 is 1.89 bits per heavy atom. The van der Waals surface area contributed by atoms with Gasteiger partial charge in [-0.2, -0.15) is 5.26 Å². The molecule has 0 unspecified atom stereocenters. The SMILES string of the molecule is N#CCc1ccc(NC(=O)c2ccc3c(c2)S(=O)(=O)N(C2CC2)C3=O)cc1. The number of hydrogen-bond donors (Lipinski definition) is 1. The number of fused-ring (bicyclic) bond motifs is 1. The van der Waals surface area contributed by atoms with E-state index in [9.17, 15) is 18.0 Å². The number of sulfonamides is 1. The van der Waals surface area contributed by atoms with Gasteiger partial charge in [0.15, 0.2) is 0 Å². The molecule has 0 atom stereocenters. The first-order valence-corrected chi connectivity index (χ1v) is 9.86. The molecule has 136 valence electrons. The lowest BCUT2D eigenvalue weighted by atomic mass is 10.1. The van der Waals surface area contributed by atoms with Crippen LogP contribution in [-0.2, 0) is 16.4 Å². The van der Waals surface area contributed by atoms with Crippen molar-refractivity contribution >= 4 is 27.5 Å². The Morgan fingerprint density at radius 3 is 2.52 bits per heavy atom. The van der Waals surface area contributed by atoms with Gasteiger partial charge in [0, 0.05) is 17.3 Å². The first kappa shape index (κ1) is 17.2. The van der Waals surface area contributed by atoms with Crippen molar-refractivity contribution in [3.8, 4) is 6.07 Å². The predicted molar refractivity (Wildman–Crippen MR) is 96.5 cm³/mol. The van der Waals surface area contributed by atoms with E-state index in [2.05, 4.69) is 5.32 Å². The summed E-state index contributed by atoms with van der Waals surface area (Å²) in [5.74, 6) is -0.995. The van der Waals surface area contributed by atoms with E-state index in [1.165, 1.54) is 18.2 Å². The zero-order chi connectivity index (χ0) is 19.2. The summed E-state index contributed by atoms with van der Waals surface area (Å²) in [7, 11) is -3.90. The molecule has 1 aliphatic heterocycles. The highest BCUT2D eigenvalue weighted by Crippen LogP contribution is 2.39. The maximum Gasteiger partial charge on any atom is 0.269 e. The zero-order valence-corrected chi connectivity index (χ0v) is 15.0. The topological polar surface area (TPSA) is 107 Å². The van der Waals surface area contributed by atoms with Crippen molar-refractivity contribution in [1.29, 1.82) is 5.26 Å². The molecule has 0 aromatic heterocycles. The molecule has 0 spiro atoms. The Hall–Kier alpha value is -3.18. The van der Waals surface area contributed by atoms with Crippen LogP contribution < -0.4 is 5.32 Å². The predicted octanol–water partition coefficient (Wildman–Crippen LogP) is 2.31. The number of anilines is 1. The van der Waals surface area contributed by atoms with Crippen molar-refractivity contribution in [2.24, 2.45) is 0 Å². The fourth-order valence-corrected chi connectivity index (χ4v) is 4.90. The van der Waals surface area contributed by atoms with Crippen molar-refractivity contribution in [2.75, 3.05) is 5.32 Å². The quantitative estimate of drug-likeness (QED) is 0.874. The Bertz CT molecular complexity index is 1100. The van der Waals surface area contributed by atoms with Gasteiger partial charge in [0.1, 0.15) is 4.90 Å². The van der Waals surface area contributed by atoms with E-state index in [0.29, 0.717) is 18.5 Å². The third-order valence-electron chi connectivity index (χ3n) is 4.58. The maximum absolute atomic E-state index is 12.7. The maximum atomic E-state index is 12.7. The summed E-state index contributed by atoms with van der Waals surface area (Å²) in [6.45, 7) is 0. The Labute approximate surface area is 156 Å². The molecule has 2 aromatic carbocycles. The zero-order valence-electron chi connectivity index (χ0n) is 14.2. The molecule has 1 saturated carbocycles. The van der Waals surface area contributed by atoms with Crippen LogP contribution in [0.5, 0.6) is 0 Å². The molecule has 1 fully saturated rings. The van der Waals surface area contributed by atoms with Crippen molar-refractivity contribution in [3.63, 3.8) is 0 Å². The van der Waals surface area contributed by atoms with E-state index in [0.717, 1.165) is 9.87 Å². The number of carbonyl (C=O) groups excluding carboxylic acids is 2. The number of benzene rings is 2. The van der Waals surface area contributed by atoms with Crippen LogP contribution in [0, 0.1) is 11.3 Å². The fourth-order valence-electron chi connectivity index (χ4n) is 3.06. The van der Waals surface area contributed by atoms with Crippen LogP contribution in [0.15, 0.2) is 47.4 Å². The molecule has 1 aliphatic carbocycles. The second kappa shape index (κ2) is 6.21. The summed E-state index contributed by atoms with van der Waals surface area (Å²) in [5.41, 5.74) is 1.63. The second-order valence-corrected chi connectivity index (χ2v) is 8.32. The Morgan fingerprint density at radius 1 is 1.19 bits per heavy atom. The van der Waals surface area contributed by atoms with E-state index >= 15 is 0 Å². The standard InChI is InChI=1S/C19H15N3O4S/c20-10-9-12-1-4-14(5-2-12)21-18(23)13-3-8-16-17(11-13)27(25,26)22(19(16)24)15-6-7-15/h1-5,8,11,15H,6-7,9H2,(H,21,23). The van der Waals surface area contributed by atoms with Gasteiger partial charge in [-0.25, -0.2) is 12.7 Å². The van der Waals surface area contributed by atoms with Crippen LogP contribution in [0.2, 0.25) is 0 Å². The fraction of sp³-hybridized carbons (Fsp3) is 0.211. The molecule has 0 saturated heterocycles. The van der Waals surface area contributed by atoms with Gasteiger partial charge < -0.3 is 5.32 Å². The van der Waals surface area contributed by atoms with Crippen molar-refractivity contribution in [2.45, 2.75) is 30.2 Å².